The van der Waals surface area contributed by atoms with Gasteiger partial charge in [0.25, 0.3) is 0 Å². The third-order valence-corrected chi connectivity index (χ3v) is 3.64. The molecule has 0 atom stereocenters. The van der Waals surface area contributed by atoms with Crippen LogP contribution < -0.4 is 15.8 Å². The minimum absolute atomic E-state index is 0.535. The molecular formula is C14H19N3OS. The molecule has 1 aromatic heterocycles. The third kappa shape index (κ3) is 4.92. The number of rotatable bonds is 8. The smallest absolute Gasteiger partial charge is 0.239 e. The molecule has 1 aromatic rings. The van der Waals surface area contributed by atoms with Gasteiger partial charge >= 0.3 is 0 Å². The van der Waals surface area contributed by atoms with Gasteiger partial charge in [0, 0.05) is 12.3 Å². The molecule has 19 heavy (non-hydrogen) atoms. The number of pyridine rings is 1. The van der Waals surface area contributed by atoms with E-state index in [-0.39, 0.29) is 0 Å². The van der Waals surface area contributed by atoms with Gasteiger partial charge in [-0.15, -0.1) is 18.2 Å². The fraction of sp³-hybridized carbons (Fsp3) is 0.500. The fourth-order valence-electron chi connectivity index (χ4n) is 1.53. The average molecular weight is 277 g/mol. The summed E-state index contributed by atoms with van der Waals surface area (Å²) in [7, 11) is 0. The van der Waals surface area contributed by atoms with E-state index in [0.717, 1.165) is 30.5 Å². The number of hydrogen-bond donors (Lipinski definition) is 2. The van der Waals surface area contributed by atoms with E-state index < -0.39 is 0 Å². The molecule has 3 N–H and O–H groups in total. The van der Waals surface area contributed by atoms with Crippen LogP contribution in [0.15, 0.2) is 12.1 Å². The molecule has 0 radical (unpaired) electrons. The Kier molecular flexibility index (Phi) is 5.22. The zero-order valence-corrected chi connectivity index (χ0v) is 11.7. The van der Waals surface area contributed by atoms with Crippen molar-refractivity contribution in [3.8, 4) is 18.2 Å². The first-order chi connectivity index (χ1) is 9.29. The molecule has 0 bridgehead atoms. The van der Waals surface area contributed by atoms with Gasteiger partial charge in [-0.2, -0.15) is 4.98 Å². The van der Waals surface area contributed by atoms with Crippen LogP contribution in [0.5, 0.6) is 5.88 Å². The first kappa shape index (κ1) is 13.9. The summed E-state index contributed by atoms with van der Waals surface area (Å²) in [5, 5.41) is 3.24. The summed E-state index contributed by atoms with van der Waals surface area (Å²) in [5.74, 6) is 6.32. The first-order valence-corrected chi connectivity index (χ1v) is 7.59. The topological polar surface area (TPSA) is 60.2 Å². The van der Waals surface area contributed by atoms with Crippen molar-refractivity contribution < 1.29 is 4.74 Å². The van der Waals surface area contributed by atoms with Gasteiger partial charge in [0.15, 0.2) is 0 Å². The summed E-state index contributed by atoms with van der Waals surface area (Å²) in [6.45, 7) is 1.55. The van der Waals surface area contributed by atoms with Gasteiger partial charge in [0.05, 0.1) is 18.0 Å². The van der Waals surface area contributed by atoms with Crippen molar-refractivity contribution in [1.82, 2.24) is 4.98 Å². The Balaban J connectivity index is 1.79. The van der Waals surface area contributed by atoms with Crippen molar-refractivity contribution in [2.75, 3.05) is 35.7 Å². The number of terminal acetylenes is 1. The standard InChI is InChI=1S/C14H19N3OS/c1-2-8-19-9-7-16-13-6-5-12(15)14(17-13)18-10-11-3-4-11/h1,5-6,11H,3-4,7-10,15H2,(H,16,17). The largest absolute Gasteiger partial charge is 0.476 e. The highest BCUT2D eigenvalue weighted by molar-refractivity contribution is 7.99. The Morgan fingerprint density at radius 3 is 3.11 bits per heavy atom. The molecule has 0 amide bonds. The van der Waals surface area contributed by atoms with E-state index in [9.17, 15) is 0 Å². The summed E-state index contributed by atoms with van der Waals surface area (Å²) < 4.78 is 5.64. The van der Waals surface area contributed by atoms with Crippen LogP contribution in [0.4, 0.5) is 11.5 Å². The molecule has 2 rings (SSSR count). The Hall–Kier alpha value is -1.54. The average Bonchev–Trinajstić information content (AvgIpc) is 3.23. The van der Waals surface area contributed by atoms with Crippen LogP contribution in [-0.2, 0) is 0 Å². The van der Waals surface area contributed by atoms with Gasteiger partial charge in [-0.1, -0.05) is 5.92 Å². The summed E-state index contributed by atoms with van der Waals surface area (Å²) in [6.07, 6.45) is 7.70. The number of thioether (sulfide) groups is 1. The van der Waals surface area contributed by atoms with E-state index in [0.29, 0.717) is 17.5 Å². The molecule has 1 aliphatic carbocycles. The summed E-state index contributed by atoms with van der Waals surface area (Å²) in [5.41, 5.74) is 6.44. The molecule has 1 aliphatic rings. The van der Waals surface area contributed by atoms with Crippen LogP contribution in [0.2, 0.25) is 0 Å². The van der Waals surface area contributed by atoms with Crippen LogP contribution in [0.1, 0.15) is 12.8 Å². The van der Waals surface area contributed by atoms with Gasteiger partial charge in [0.1, 0.15) is 5.82 Å². The minimum atomic E-state index is 0.535. The van der Waals surface area contributed by atoms with Crippen molar-refractivity contribution in [1.29, 1.82) is 0 Å². The van der Waals surface area contributed by atoms with E-state index in [1.54, 1.807) is 11.8 Å². The second kappa shape index (κ2) is 7.15. The maximum Gasteiger partial charge on any atom is 0.239 e. The lowest BCUT2D eigenvalue weighted by molar-refractivity contribution is 0.290. The third-order valence-electron chi connectivity index (χ3n) is 2.78. The van der Waals surface area contributed by atoms with Crippen molar-refractivity contribution in [2.24, 2.45) is 5.92 Å². The normalized spacial score (nSPS) is 13.8. The summed E-state index contributed by atoms with van der Waals surface area (Å²) in [6, 6.07) is 3.69. The van der Waals surface area contributed by atoms with Crippen LogP contribution in [0.3, 0.4) is 0 Å². The highest BCUT2D eigenvalue weighted by Crippen LogP contribution is 2.30. The summed E-state index contributed by atoms with van der Waals surface area (Å²) >= 11 is 1.72. The van der Waals surface area contributed by atoms with Gasteiger partial charge in [-0.25, -0.2) is 0 Å². The molecule has 1 saturated carbocycles. The zero-order chi connectivity index (χ0) is 13.5. The van der Waals surface area contributed by atoms with E-state index >= 15 is 0 Å². The SMILES string of the molecule is C#CCSCCNc1ccc(N)c(OCC2CC2)n1. The van der Waals surface area contributed by atoms with E-state index in [4.69, 9.17) is 16.9 Å². The zero-order valence-electron chi connectivity index (χ0n) is 10.9. The minimum Gasteiger partial charge on any atom is -0.476 e. The maximum absolute atomic E-state index is 5.85. The molecular weight excluding hydrogens is 258 g/mol. The highest BCUT2D eigenvalue weighted by Gasteiger charge is 2.22. The second-order valence-corrected chi connectivity index (χ2v) is 5.63. The van der Waals surface area contributed by atoms with E-state index in [1.807, 2.05) is 12.1 Å². The van der Waals surface area contributed by atoms with Crippen molar-refractivity contribution >= 4 is 23.3 Å². The molecule has 0 saturated heterocycles. The lowest BCUT2D eigenvalue weighted by Crippen LogP contribution is -2.09. The van der Waals surface area contributed by atoms with Gasteiger partial charge < -0.3 is 15.8 Å². The predicted molar refractivity (Wildman–Crippen MR) is 81.5 cm³/mol. The Morgan fingerprint density at radius 1 is 1.53 bits per heavy atom. The second-order valence-electron chi connectivity index (χ2n) is 4.53. The van der Waals surface area contributed by atoms with E-state index in [2.05, 4.69) is 16.2 Å². The van der Waals surface area contributed by atoms with E-state index in [1.165, 1.54) is 12.8 Å². The highest BCUT2D eigenvalue weighted by atomic mass is 32.2. The number of aromatic nitrogens is 1. The number of nitrogens with zero attached hydrogens (tertiary/aromatic N) is 1. The lowest BCUT2D eigenvalue weighted by Gasteiger charge is -2.10. The quantitative estimate of drug-likeness (QED) is 0.563. The number of hydrogen-bond acceptors (Lipinski definition) is 5. The number of nitrogen functional groups attached to an aromatic ring is 1. The number of anilines is 2. The lowest BCUT2D eigenvalue weighted by atomic mass is 10.4. The molecule has 0 aliphatic heterocycles. The van der Waals surface area contributed by atoms with Gasteiger partial charge in [-0.3, -0.25) is 0 Å². The van der Waals surface area contributed by atoms with Crippen molar-refractivity contribution in [3.05, 3.63) is 12.1 Å². The molecule has 4 nitrogen and oxygen atoms in total. The molecule has 0 unspecified atom stereocenters. The maximum atomic E-state index is 5.85. The van der Waals surface area contributed by atoms with Gasteiger partial charge in [0.2, 0.25) is 5.88 Å². The number of nitrogens with one attached hydrogen (secondary N) is 1. The Labute approximate surface area is 118 Å². The van der Waals surface area contributed by atoms with Crippen molar-refractivity contribution in [3.63, 3.8) is 0 Å². The number of ether oxygens (including phenoxy) is 1. The molecule has 1 fully saturated rings. The number of nitrogens with two attached hydrogens (primary N) is 1. The summed E-state index contributed by atoms with van der Waals surface area (Å²) in [4.78, 5) is 4.38. The monoisotopic (exact) mass is 277 g/mol. The first-order valence-electron chi connectivity index (χ1n) is 6.44. The fourth-order valence-corrected chi connectivity index (χ4v) is 2.04. The Bertz CT molecular complexity index is 454. The molecule has 102 valence electrons. The predicted octanol–water partition coefficient (Wildman–Crippen LogP) is 2.23. The van der Waals surface area contributed by atoms with Crippen LogP contribution in [-0.4, -0.2) is 29.6 Å². The molecule has 1 heterocycles. The Morgan fingerprint density at radius 2 is 2.37 bits per heavy atom. The van der Waals surface area contributed by atoms with Gasteiger partial charge in [-0.05, 0) is 30.9 Å². The van der Waals surface area contributed by atoms with Crippen LogP contribution in [0, 0.1) is 18.3 Å². The van der Waals surface area contributed by atoms with Crippen molar-refractivity contribution in [2.45, 2.75) is 12.8 Å². The molecule has 0 spiro atoms. The molecule has 0 aromatic carbocycles. The van der Waals surface area contributed by atoms with Crippen LogP contribution >= 0.6 is 11.8 Å². The van der Waals surface area contributed by atoms with Crippen LogP contribution in [0.25, 0.3) is 0 Å². The molecule has 5 heteroatoms.